The second kappa shape index (κ2) is 7.59. The number of ether oxygens (including phenoxy) is 1. The minimum absolute atomic E-state index is 0.165. The van der Waals surface area contributed by atoms with Gasteiger partial charge in [0.15, 0.2) is 5.13 Å². The molecule has 1 amide bonds. The van der Waals surface area contributed by atoms with Gasteiger partial charge in [0.1, 0.15) is 0 Å². The number of hydrogen-bond donors (Lipinski definition) is 1. The monoisotopic (exact) mass is 352 g/mol. The van der Waals surface area contributed by atoms with Crippen LogP contribution in [0.25, 0.3) is 11.3 Å². The van der Waals surface area contributed by atoms with Crippen LogP contribution >= 0.6 is 11.3 Å². The van der Waals surface area contributed by atoms with Crippen molar-refractivity contribution in [3.05, 3.63) is 70.1 Å². The van der Waals surface area contributed by atoms with Gasteiger partial charge in [-0.2, -0.15) is 0 Å². The number of hydrogen-bond acceptors (Lipinski definition) is 4. The Morgan fingerprint density at radius 3 is 2.64 bits per heavy atom. The molecular formula is C20H20N2O2S. The van der Waals surface area contributed by atoms with Crippen LogP contribution in [0.5, 0.6) is 0 Å². The number of aryl methyl sites for hydroxylation is 2. The highest BCUT2D eigenvalue weighted by Crippen LogP contribution is 2.30. The van der Waals surface area contributed by atoms with Crippen molar-refractivity contribution in [3.8, 4) is 11.3 Å². The molecule has 128 valence electrons. The number of aromatic nitrogens is 1. The van der Waals surface area contributed by atoms with E-state index in [9.17, 15) is 4.79 Å². The molecule has 2 aromatic carbocycles. The zero-order valence-electron chi connectivity index (χ0n) is 14.5. The van der Waals surface area contributed by atoms with Gasteiger partial charge < -0.3 is 4.74 Å². The normalized spacial score (nSPS) is 10.7. The van der Waals surface area contributed by atoms with Crippen LogP contribution < -0.4 is 5.32 Å². The van der Waals surface area contributed by atoms with Crippen LogP contribution in [0.15, 0.2) is 48.5 Å². The van der Waals surface area contributed by atoms with E-state index >= 15 is 0 Å². The average Bonchev–Trinajstić information content (AvgIpc) is 2.96. The molecule has 0 unspecified atom stereocenters. The van der Waals surface area contributed by atoms with Crippen molar-refractivity contribution in [1.82, 2.24) is 4.98 Å². The predicted molar refractivity (Wildman–Crippen MR) is 102 cm³/mol. The van der Waals surface area contributed by atoms with Crippen LogP contribution in [-0.4, -0.2) is 18.0 Å². The first kappa shape index (κ1) is 17.3. The smallest absolute Gasteiger partial charge is 0.257 e. The van der Waals surface area contributed by atoms with E-state index in [1.807, 2.05) is 25.1 Å². The Morgan fingerprint density at radius 1 is 1.16 bits per heavy atom. The molecule has 0 atom stereocenters. The molecule has 0 radical (unpaired) electrons. The van der Waals surface area contributed by atoms with Gasteiger partial charge in [-0.15, -0.1) is 11.3 Å². The lowest BCUT2D eigenvalue weighted by Gasteiger charge is -2.04. The number of amides is 1. The molecule has 0 aliphatic carbocycles. The van der Waals surface area contributed by atoms with Crippen molar-refractivity contribution in [2.45, 2.75) is 20.5 Å². The lowest BCUT2D eigenvalue weighted by molar-refractivity contribution is 0.102. The van der Waals surface area contributed by atoms with Gasteiger partial charge in [0.25, 0.3) is 5.91 Å². The number of carbonyl (C=O) groups excluding carboxylic acids is 1. The summed E-state index contributed by atoms with van der Waals surface area (Å²) in [7, 11) is 1.64. The molecule has 4 nitrogen and oxygen atoms in total. The molecular weight excluding hydrogens is 332 g/mol. The van der Waals surface area contributed by atoms with Crippen LogP contribution in [0.3, 0.4) is 0 Å². The molecule has 1 aromatic heterocycles. The van der Waals surface area contributed by atoms with Crippen molar-refractivity contribution in [3.63, 3.8) is 0 Å². The quantitative estimate of drug-likeness (QED) is 0.716. The van der Waals surface area contributed by atoms with Crippen molar-refractivity contribution in [2.75, 3.05) is 12.4 Å². The first-order valence-corrected chi connectivity index (χ1v) is 8.82. The zero-order chi connectivity index (χ0) is 17.8. The second-order valence-corrected chi connectivity index (χ2v) is 7.08. The van der Waals surface area contributed by atoms with E-state index in [0.717, 1.165) is 21.7 Å². The summed E-state index contributed by atoms with van der Waals surface area (Å²) in [6.45, 7) is 4.55. The lowest BCUT2D eigenvalue weighted by atomic mass is 10.1. The first-order valence-electron chi connectivity index (χ1n) is 8.00. The standard InChI is InChI=1S/C20H20N2O2S/c1-13-7-9-16(10-8-13)18-14(2)25-20(21-18)22-19(23)17-6-4-5-15(11-17)12-24-3/h4-11H,12H2,1-3H3,(H,21,22,23). The first-order chi connectivity index (χ1) is 12.1. The van der Waals surface area contributed by atoms with Gasteiger partial charge >= 0.3 is 0 Å². The Morgan fingerprint density at radius 2 is 1.92 bits per heavy atom. The highest BCUT2D eigenvalue weighted by atomic mass is 32.1. The van der Waals surface area contributed by atoms with Gasteiger partial charge in [-0.1, -0.05) is 42.0 Å². The van der Waals surface area contributed by atoms with E-state index in [2.05, 4.69) is 41.5 Å². The molecule has 0 fully saturated rings. The van der Waals surface area contributed by atoms with Crippen LogP contribution in [0.1, 0.15) is 26.4 Å². The molecule has 0 aliphatic rings. The maximum atomic E-state index is 12.5. The van der Waals surface area contributed by atoms with Crippen molar-refractivity contribution in [1.29, 1.82) is 0 Å². The number of methoxy groups -OCH3 is 1. The van der Waals surface area contributed by atoms with Gasteiger partial charge in [-0.3, -0.25) is 10.1 Å². The largest absolute Gasteiger partial charge is 0.380 e. The van der Waals surface area contributed by atoms with E-state index in [1.54, 1.807) is 13.2 Å². The van der Waals surface area contributed by atoms with Crippen LogP contribution in [-0.2, 0) is 11.3 Å². The molecule has 3 aromatic rings. The number of benzene rings is 2. The number of rotatable bonds is 5. The SMILES string of the molecule is COCc1cccc(C(=O)Nc2nc(-c3ccc(C)cc3)c(C)s2)c1. The molecule has 25 heavy (non-hydrogen) atoms. The van der Waals surface area contributed by atoms with Gasteiger partial charge in [0.05, 0.1) is 12.3 Å². The molecule has 0 saturated carbocycles. The van der Waals surface area contributed by atoms with Gasteiger partial charge in [-0.05, 0) is 31.5 Å². The Balaban J connectivity index is 1.79. The molecule has 1 heterocycles. The fourth-order valence-corrected chi connectivity index (χ4v) is 3.40. The molecule has 0 spiro atoms. The predicted octanol–water partition coefficient (Wildman–Crippen LogP) is 4.83. The number of thiazole rings is 1. The summed E-state index contributed by atoms with van der Waals surface area (Å²) in [5.74, 6) is -0.165. The van der Waals surface area contributed by atoms with Crippen molar-refractivity contribution in [2.24, 2.45) is 0 Å². The second-order valence-electron chi connectivity index (χ2n) is 5.88. The topological polar surface area (TPSA) is 51.2 Å². The van der Waals surface area contributed by atoms with Crippen LogP contribution in [0, 0.1) is 13.8 Å². The van der Waals surface area contributed by atoms with E-state index in [-0.39, 0.29) is 5.91 Å². The van der Waals surface area contributed by atoms with E-state index < -0.39 is 0 Å². The molecule has 3 rings (SSSR count). The van der Waals surface area contributed by atoms with E-state index in [0.29, 0.717) is 17.3 Å². The van der Waals surface area contributed by atoms with Crippen molar-refractivity contribution >= 4 is 22.4 Å². The van der Waals surface area contributed by atoms with Gasteiger partial charge in [-0.25, -0.2) is 4.98 Å². The summed E-state index contributed by atoms with van der Waals surface area (Å²) < 4.78 is 5.12. The molecule has 0 bridgehead atoms. The maximum absolute atomic E-state index is 12.5. The summed E-state index contributed by atoms with van der Waals surface area (Å²) in [5, 5.41) is 3.50. The molecule has 1 N–H and O–H groups in total. The summed E-state index contributed by atoms with van der Waals surface area (Å²) in [6.07, 6.45) is 0. The summed E-state index contributed by atoms with van der Waals surface area (Å²) in [4.78, 5) is 18.2. The van der Waals surface area contributed by atoms with Crippen molar-refractivity contribution < 1.29 is 9.53 Å². The highest BCUT2D eigenvalue weighted by molar-refractivity contribution is 7.16. The van der Waals surface area contributed by atoms with E-state index in [1.165, 1.54) is 16.9 Å². The maximum Gasteiger partial charge on any atom is 0.257 e. The minimum atomic E-state index is -0.165. The third kappa shape index (κ3) is 4.13. The number of nitrogens with one attached hydrogen (secondary N) is 1. The fourth-order valence-electron chi connectivity index (χ4n) is 2.57. The Labute approximate surface area is 151 Å². The number of anilines is 1. The van der Waals surface area contributed by atoms with Crippen LogP contribution in [0.4, 0.5) is 5.13 Å². The molecule has 0 aliphatic heterocycles. The fraction of sp³-hybridized carbons (Fsp3) is 0.200. The average molecular weight is 352 g/mol. The third-order valence-corrected chi connectivity index (χ3v) is 4.73. The summed E-state index contributed by atoms with van der Waals surface area (Å²) in [6, 6.07) is 15.6. The molecule has 0 saturated heterocycles. The minimum Gasteiger partial charge on any atom is -0.380 e. The Bertz CT molecular complexity index is 885. The Hall–Kier alpha value is -2.50. The Kier molecular flexibility index (Phi) is 5.26. The van der Waals surface area contributed by atoms with E-state index in [4.69, 9.17) is 4.74 Å². The molecule has 5 heteroatoms. The third-order valence-electron chi connectivity index (χ3n) is 3.84. The number of nitrogens with zero attached hydrogens (tertiary/aromatic N) is 1. The number of carbonyl (C=O) groups is 1. The highest BCUT2D eigenvalue weighted by Gasteiger charge is 2.13. The van der Waals surface area contributed by atoms with Gasteiger partial charge in [0.2, 0.25) is 0 Å². The van der Waals surface area contributed by atoms with Gasteiger partial charge in [0, 0.05) is 23.1 Å². The summed E-state index contributed by atoms with van der Waals surface area (Å²) >= 11 is 1.48. The van der Waals surface area contributed by atoms with Crippen LogP contribution in [0.2, 0.25) is 0 Å². The summed E-state index contributed by atoms with van der Waals surface area (Å²) in [5.41, 5.74) is 4.74. The lowest BCUT2D eigenvalue weighted by Crippen LogP contribution is -2.12. The zero-order valence-corrected chi connectivity index (χ0v) is 15.3.